The van der Waals surface area contributed by atoms with E-state index < -0.39 is 42.8 Å². The number of aliphatic hydroxyl groups excluding tert-OH is 2. The number of rotatable bonds is 6. The lowest BCUT2D eigenvalue weighted by atomic mass is 10.2. The number of alkyl halides is 3. The van der Waals surface area contributed by atoms with Gasteiger partial charge < -0.3 is 26.0 Å². The molecule has 1 aliphatic heterocycles. The van der Waals surface area contributed by atoms with Crippen molar-refractivity contribution in [1.82, 2.24) is 14.9 Å². The topological polar surface area (TPSA) is 140 Å². The van der Waals surface area contributed by atoms with E-state index >= 15 is 0 Å². The van der Waals surface area contributed by atoms with Gasteiger partial charge >= 0.3 is 17.8 Å². The van der Waals surface area contributed by atoms with E-state index in [1.165, 1.54) is 6.20 Å². The molecule has 29 heavy (non-hydrogen) atoms. The van der Waals surface area contributed by atoms with Crippen LogP contribution >= 0.6 is 0 Å². The molecule has 3 atom stereocenters. The number of hydrogen-bond donors (Lipinski definition) is 4. The van der Waals surface area contributed by atoms with Gasteiger partial charge in [-0.25, -0.2) is 4.79 Å². The predicted molar refractivity (Wildman–Crippen MR) is 94.3 cm³/mol. The molecule has 1 aromatic heterocycles. The Morgan fingerprint density at radius 3 is 2.79 bits per heavy atom. The number of unbranched alkanes of at least 4 members (excludes halogenated alkanes) is 2. The minimum atomic E-state index is -4.90. The summed E-state index contributed by atoms with van der Waals surface area (Å²) in [5.41, 5.74) is 5.25. The predicted octanol–water partition coefficient (Wildman–Crippen LogP) is -0.334. The molecule has 1 saturated heterocycles. The second-order valence-electron chi connectivity index (χ2n) is 6.36. The molecule has 1 amide bonds. The number of anilines is 1. The van der Waals surface area contributed by atoms with Crippen molar-refractivity contribution < 1.29 is 32.9 Å². The molecule has 9 nitrogen and oxygen atoms in total. The van der Waals surface area contributed by atoms with E-state index in [-0.39, 0.29) is 24.3 Å². The van der Waals surface area contributed by atoms with E-state index in [0.29, 0.717) is 19.3 Å². The number of aliphatic hydroxyl groups is 2. The summed E-state index contributed by atoms with van der Waals surface area (Å²) in [5.74, 6) is 3.44. The number of nitrogens with two attached hydrogens (primary N) is 1. The highest BCUT2D eigenvalue weighted by Gasteiger charge is 2.38. The molecule has 0 bridgehead atoms. The zero-order chi connectivity index (χ0) is 21.6. The molecule has 1 aromatic rings. The summed E-state index contributed by atoms with van der Waals surface area (Å²) >= 11 is 0. The first-order chi connectivity index (χ1) is 13.6. The van der Waals surface area contributed by atoms with Crippen molar-refractivity contribution in [3.63, 3.8) is 0 Å². The number of ether oxygens (including phenoxy) is 1. The van der Waals surface area contributed by atoms with Crippen LogP contribution in [0.1, 0.15) is 37.5 Å². The molecule has 5 N–H and O–H groups in total. The Balaban J connectivity index is 1.92. The standard InChI is InChI=1S/C17H21F3N4O5/c18-17(19,20)15(27)22-6-4-2-1-3-5-10-8-24(16(28)23-14(10)21)13-7-11(26)12(9-25)29-13/h8,11-13,25-26H,1-2,4,6-7,9H2,(H,22,27)(H2,21,23,28)/t11?,12-,13-/m1/s1. The number of hydrogen-bond acceptors (Lipinski definition) is 7. The third-order valence-corrected chi connectivity index (χ3v) is 4.17. The first kappa shape index (κ1) is 22.7. The molecular weight excluding hydrogens is 397 g/mol. The van der Waals surface area contributed by atoms with Crippen molar-refractivity contribution in [2.24, 2.45) is 0 Å². The van der Waals surface area contributed by atoms with Gasteiger partial charge in [0.05, 0.1) is 18.3 Å². The SMILES string of the molecule is Nc1nc(=O)n([C@H]2CC(O)[C@@H](CO)O2)cc1C#CCCCCNC(=O)C(F)(F)F. The zero-order valence-corrected chi connectivity index (χ0v) is 15.3. The Labute approximate surface area is 163 Å². The third kappa shape index (κ3) is 6.18. The van der Waals surface area contributed by atoms with Crippen LogP contribution in [0.3, 0.4) is 0 Å². The number of amides is 1. The fourth-order valence-corrected chi connectivity index (χ4v) is 2.63. The summed E-state index contributed by atoms with van der Waals surface area (Å²) in [5, 5.41) is 20.7. The Morgan fingerprint density at radius 2 is 2.17 bits per heavy atom. The molecule has 0 saturated carbocycles. The van der Waals surface area contributed by atoms with Crippen molar-refractivity contribution in [1.29, 1.82) is 0 Å². The summed E-state index contributed by atoms with van der Waals surface area (Å²) in [6.45, 7) is -0.521. The molecule has 0 radical (unpaired) electrons. The van der Waals surface area contributed by atoms with Gasteiger partial charge in [-0.15, -0.1) is 0 Å². The van der Waals surface area contributed by atoms with Crippen LogP contribution in [-0.2, 0) is 9.53 Å². The van der Waals surface area contributed by atoms with Gasteiger partial charge in [-0.05, 0) is 12.8 Å². The van der Waals surface area contributed by atoms with E-state index in [1.54, 1.807) is 5.32 Å². The normalized spacial score (nSPS) is 21.5. The van der Waals surface area contributed by atoms with Crippen LogP contribution in [0.2, 0.25) is 0 Å². The van der Waals surface area contributed by atoms with Gasteiger partial charge in [-0.1, -0.05) is 11.8 Å². The van der Waals surface area contributed by atoms with Gasteiger partial charge in [0.15, 0.2) is 0 Å². The lowest BCUT2D eigenvalue weighted by Gasteiger charge is -2.15. The Kier molecular flexibility index (Phi) is 7.60. The van der Waals surface area contributed by atoms with Crippen LogP contribution in [0.4, 0.5) is 19.0 Å². The maximum Gasteiger partial charge on any atom is 0.471 e. The quantitative estimate of drug-likeness (QED) is 0.366. The summed E-state index contributed by atoms with van der Waals surface area (Å²) < 4.78 is 42.6. The summed E-state index contributed by atoms with van der Waals surface area (Å²) in [6.07, 6.45) is -4.95. The molecule has 1 aliphatic rings. The number of carbonyl (C=O) groups is 1. The minimum absolute atomic E-state index is 0.0894. The second-order valence-corrected chi connectivity index (χ2v) is 6.36. The number of nitrogens with zero attached hydrogens (tertiary/aromatic N) is 2. The number of halogens is 3. The Morgan fingerprint density at radius 1 is 1.45 bits per heavy atom. The van der Waals surface area contributed by atoms with Gasteiger partial charge in [-0.3, -0.25) is 9.36 Å². The fourth-order valence-electron chi connectivity index (χ4n) is 2.63. The summed E-state index contributed by atoms with van der Waals surface area (Å²) in [4.78, 5) is 26.4. The maximum absolute atomic E-state index is 12.0. The number of carbonyl (C=O) groups excluding carboxylic acids is 1. The molecule has 1 fully saturated rings. The molecular formula is C17H21F3N4O5. The average Bonchev–Trinajstić information content (AvgIpc) is 3.01. The Hall–Kier alpha value is -2.62. The summed E-state index contributed by atoms with van der Waals surface area (Å²) in [6, 6.07) is 0. The zero-order valence-electron chi connectivity index (χ0n) is 15.3. The van der Waals surface area contributed by atoms with E-state index in [9.17, 15) is 27.9 Å². The first-order valence-corrected chi connectivity index (χ1v) is 8.80. The van der Waals surface area contributed by atoms with Crippen LogP contribution in [0.5, 0.6) is 0 Å². The largest absolute Gasteiger partial charge is 0.471 e. The number of aromatic nitrogens is 2. The van der Waals surface area contributed by atoms with Crippen molar-refractivity contribution in [3.05, 3.63) is 22.2 Å². The van der Waals surface area contributed by atoms with E-state index in [0.717, 1.165) is 4.57 Å². The highest BCUT2D eigenvalue weighted by Crippen LogP contribution is 2.27. The highest BCUT2D eigenvalue weighted by atomic mass is 19.4. The van der Waals surface area contributed by atoms with Crippen molar-refractivity contribution in [2.45, 2.75) is 50.3 Å². The van der Waals surface area contributed by atoms with E-state index in [1.807, 2.05) is 0 Å². The van der Waals surface area contributed by atoms with Gasteiger partial charge in [0, 0.05) is 25.6 Å². The van der Waals surface area contributed by atoms with E-state index in [2.05, 4.69) is 16.8 Å². The molecule has 12 heteroatoms. The van der Waals surface area contributed by atoms with Crippen LogP contribution in [0.25, 0.3) is 0 Å². The summed E-state index contributed by atoms with van der Waals surface area (Å²) in [7, 11) is 0. The molecule has 2 heterocycles. The molecule has 1 unspecified atom stereocenters. The number of nitrogen functional groups attached to an aromatic ring is 1. The minimum Gasteiger partial charge on any atom is -0.394 e. The van der Waals surface area contributed by atoms with Crippen molar-refractivity contribution >= 4 is 11.7 Å². The molecule has 0 spiro atoms. The third-order valence-electron chi connectivity index (χ3n) is 4.17. The van der Waals surface area contributed by atoms with Crippen LogP contribution in [0.15, 0.2) is 11.0 Å². The van der Waals surface area contributed by atoms with Crippen molar-refractivity contribution in [2.75, 3.05) is 18.9 Å². The molecule has 2 rings (SSSR count). The van der Waals surface area contributed by atoms with Gasteiger partial charge in [0.1, 0.15) is 18.1 Å². The first-order valence-electron chi connectivity index (χ1n) is 8.80. The maximum atomic E-state index is 12.0. The lowest BCUT2D eigenvalue weighted by Crippen LogP contribution is -2.37. The van der Waals surface area contributed by atoms with Gasteiger partial charge in [0.2, 0.25) is 0 Å². The van der Waals surface area contributed by atoms with Crippen LogP contribution in [-0.4, -0.2) is 57.2 Å². The molecule has 0 aliphatic carbocycles. The smallest absolute Gasteiger partial charge is 0.394 e. The van der Waals surface area contributed by atoms with Gasteiger partial charge in [-0.2, -0.15) is 18.2 Å². The van der Waals surface area contributed by atoms with Gasteiger partial charge in [0.25, 0.3) is 0 Å². The second kappa shape index (κ2) is 9.73. The number of nitrogens with one attached hydrogen (secondary N) is 1. The fraction of sp³-hybridized carbons (Fsp3) is 0.588. The lowest BCUT2D eigenvalue weighted by molar-refractivity contribution is -0.173. The monoisotopic (exact) mass is 418 g/mol. The molecule has 0 aromatic carbocycles. The average molecular weight is 418 g/mol. The highest BCUT2D eigenvalue weighted by molar-refractivity contribution is 5.81. The molecule has 160 valence electrons. The van der Waals surface area contributed by atoms with Crippen LogP contribution < -0.4 is 16.7 Å². The van der Waals surface area contributed by atoms with E-state index in [4.69, 9.17) is 15.6 Å². The Bertz CT molecular complexity index is 846. The van der Waals surface area contributed by atoms with Crippen LogP contribution in [0, 0.1) is 11.8 Å². The van der Waals surface area contributed by atoms with Crippen molar-refractivity contribution in [3.8, 4) is 11.8 Å².